The molecule has 5 atom stereocenters. The first kappa shape index (κ1) is 23.8. The summed E-state index contributed by atoms with van der Waals surface area (Å²) in [4.78, 5) is 51.3. The number of carbonyl (C=O) groups is 4. The van der Waals surface area contributed by atoms with Crippen molar-refractivity contribution in [2.75, 3.05) is 34.0 Å². The molecule has 0 radical (unpaired) electrons. The van der Waals surface area contributed by atoms with Gasteiger partial charge in [0.25, 0.3) is 0 Å². The Morgan fingerprint density at radius 3 is 2.10 bits per heavy atom. The van der Waals surface area contributed by atoms with E-state index in [0.29, 0.717) is 0 Å². The first-order valence-electron chi connectivity index (χ1n) is 9.83. The van der Waals surface area contributed by atoms with Gasteiger partial charge in [-0.1, -0.05) is 6.08 Å². The predicted octanol–water partition coefficient (Wildman–Crippen LogP) is 1.00. The molecule has 2 bridgehead atoms. The molecule has 0 spiro atoms. The van der Waals surface area contributed by atoms with Crippen LogP contribution in [-0.2, 0) is 42.9 Å². The van der Waals surface area contributed by atoms with Gasteiger partial charge in [-0.25, -0.2) is 4.79 Å². The number of hydrogen-bond donors (Lipinski definition) is 0. The first-order chi connectivity index (χ1) is 14.3. The molecule has 30 heavy (non-hydrogen) atoms. The van der Waals surface area contributed by atoms with E-state index in [4.69, 9.17) is 23.7 Å². The Bertz CT molecular complexity index is 756. The van der Waals surface area contributed by atoms with Crippen LogP contribution in [0.1, 0.15) is 20.8 Å². The van der Waals surface area contributed by atoms with Crippen molar-refractivity contribution < 1.29 is 42.9 Å². The Morgan fingerprint density at radius 1 is 0.967 bits per heavy atom. The molecule has 0 aromatic heterocycles. The number of ether oxygens (including phenoxy) is 5. The maximum absolute atomic E-state index is 13.6. The third-order valence-corrected chi connectivity index (χ3v) is 5.49. The van der Waals surface area contributed by atoms with E-state index >= 15 is 0 Å². The van der Waals surface area contributed by atoms with Crippen molar-refractivity contribution in [3.63, 3.8) is 0 Å². The highest BCUT2D eigenvalue weighted by Gasteiger charge is 2.71. The summed E-state index contributed by atoms with van der Waals surface area (Å²) in [6.07, 6.45) is 5.36. The van der Waals surface area contributed by atoms with E-state index in [0.717, 1.165) is 6.08 Å². The molecule has 3 aliphatic carbocycles. The lowest BCUT2D eigenvalue weighted by molar-refractivity contribution is -0.204. The Kier molecular flexibility index (Phi) is 7.54. The number of carbonyl (C=O) groups excluding carboxylic acids is 4. The van der Waals surface area contributed by atoms with Gasteiger partial charge in [0.15, 0.2) is 11.2 Å². The Morgan fingerprint density at radius 2 is 1.57 bits per heavy atom. The minimum atomic E-state index is -1.83. The minimum absolute atomic E-state index is 0.0609. The number of esters is 3. The van der Waals surface area contributed by atoms with Crippen molar-refractivity contribution in [1.29, 1.82) is 0 Å². The van der Waals surface area contributed by atoms with Gasteiger partial charge in [0, 0.05) is 26.2 Å². The molecule has 1 fully saturated rings. The van der Waals surface area contributed by atoms with Gasteiger partial charge in [0.1, 0.15) is 5.92 Å². The molecule has 0 N–H and O–H groups in total. The number of ketones is 1. The fourth-order valence-corrected chi connectivity index (χ4v) is 4.26. The zero-order valence-corrected chi connectivity index (χ0v) is 17.8. The second-order valence-electron chi connectivity index (χ2n) is 6.80. The van der Waals surface area contributed by atoms with Crippen LogP contribution in [0.25, 0.3) is 0 Å². The van der Waals surface area contributed by atoms with E-state index < -0.39 is 52.6 Å². The zero-order chi connectivity index (χ0) is 22.5. The fourth-order valence-electron chi connectivity index (χ4n) is 4.26. The smallest absolute Gasteiger partial charge is 0.330 e. The molecule has 9 nitrogen and oxygen atoms in total. The van der Waals surface area contributed by atoms with E-state index in [-0.39, 0.29) is 19.8 Å². The van der Waals surface area contributed by atoms with Gasteiger partial charge in [-0.15, -0.1) is 0 Å². The van der Waals surface area contributed by atoms with E-state index in [2.05, 4.69) is 0 Å². The first-order valence-corrected chi connectivity index (χ1v) is 9.83. The number of methoxy groups -OCH3 is 2. The van der Waals surface area contributed by atoms with Gasteiger partial charge in [0.05, 0.1) is 25.7 Å². The highest BCUT2D eigenvalue weighted by Crippen LogP contribution is 2.54. The van der Waals surface area contributed by atoms with Crippen LogP contribution in [0.4, 0.5) is 0 Å². The van der Waals surface area contributed by atoms with Gasteiger partial charge in [0.2, 0.25) is 5.78 Å². The Labute approximate surface area is 175 Å². The van der Waals surface area contributed by atoms with Crippen molar-refractivity contribution in [2.45, 2.75) is 32.0 Å². The van der Waals surface area contributed by atoms with Crippen LogP contribution < -0.4 is 0 Å². The quantitative estimate of drug-likeness (QED) is 0.231. The van der Waals surface area contributed by atoms with Crippen LogP contribution in [0.2, 0.25) is 0 Å². The third-order valence-electron chi connectivity index (χ3n) is 5.49. The molecule has 9 heteroatoms. The number of fused-ring (bicyclic) bond motifs is 2. The van der Waals surface area contributed by atoms with Gasteiger partial charge >= 0.3 is 17.9 Å². The molecule has 0 aromatic rings. The lowest BCUT2D eigenvalue weighted by Gasteiger charge is -2.55. The van der Waals surface area contributed by atoms with Crippen LogP contribution in [0, 0.1) is 17.8 Å². The lowest BCUT2D eigenvalue weighted by atomic mass is 9.52. The summed E-state index contributed by atoms with van der Waals surface area (Å²) in [5.74, 6) is -6.04. The molecule has 3 aliphatic rings. The van der Waals surface area contributed by atoms with Crippen molar-refractivity contribution in [1.82, 2.24) is 0 Å². The topological polar surface area (TPSA) is 114 Å². The number of hydrogen-bond acceptors (Lipinski definition) is 9. The largest absolute Gasteiger partial charge is 0.466 e. The SMILES string of the molecule is CCOC(=O)/C=C/[C@]1(OC)C(=O)[C@]2(OC)C=C[C@H]1[C@@H](C(=O)OCC)[C@@H]2C(=O)OCC. The molecule has 1 saturated carbocycles. The van der Waals surface area contributed by atoms with Crippen molar-refractivity contribution in [2.24, 2.45) is 17.8 Å². The van der Waals surface area contributed by atoms with Gasteiger partial charge in [-0.3, -0.25) is 14.4 Å². The maximum Gasteiger partial charge on any atom is 0.330 e. The summed E-state index contributed by atoms with van der Waals surface area (Å²) in [5, 5.41) is 0. The Hall–Kier alpha value is -2.52. The van der Waals surface area contributed by atoms with Crippen molar-refractivity contribution in [3.05, 3.63) is 24.3 Å². The van der Waals surface area contributed by atoms with Gasteiger partial charge in [-0.2, -0.15) is 0 Å². The normalized spacial score (nSPS) is 32.3. The molecular weight excluding hydrogens is 396 g/mol. The van der Waals surface area contributed by atoms with Crippen LogP contribution in [0.15, 0.2) is 24.3 Å². The standard InChI is InChI=1S/C21H28O9/c1-6-28-14(22)10-12-20(26-4)13-9-11-21(27-5,19(20)25)16(18(24)30-8-3)15(13)17(23)29-7-2/h9-13,15-16H,6-8H2,1-5H3/b12-10+/t13-,15+,16+,20+,21-/m0/s1. The van der Waals surface area contributed by atoms with Crippen LogP contribution >= 0.6 is 0 Å². The summed E-state index contributed by atoms with van der Waals surface area (Å²) in [6, 6.07) is 0. The minimum Gasteiger partial charge on any atom is -0.466 e. The predicted molar refractivity (Wildman–Crippen MR) is 103 cm³/mol. The second-order valence-corrected chi connectivity index (χ2v) is 6.80. The summed E-state index contributed by atoms with van der Waals surface area (Å²) in [7, 11) is 2.55. The highest BCUT2D eigenvalue weighted by molar-refractivity contribution is 6.07. The summed E-state index contributed by atoms with van der Waals surface area (Å²) < 4.78 is 26.4. The van der Waals surface area contributed by atoms with Crippen molar-refractivity contribution in [3.8, 4) is 0 Å². The molecular formula is C21H28O9. The van der Waals surface area contributed by atoms with E-state index in [1.165, 1.54) is 26.4 Å². The van der Waals surface area contributed by atoms with Crippen molar-refractivity contribution >= 4 is 23.7 Å². The molecule has 0 heterocycles. The lowest BCUT2D eigenvalue weighted by Crippen LogP contribution is -2.72. The van der Waals surface area contributed by atoms with Crippen LogP contribution in [0.5, 0.6) is 0 Å². The zero-order valence-electron chi connectivity index (χ0n) is 17.8. The fraction of sp³-hybridized carbons (Fsp3) is 0.619. The van der Waals surface area contributed by atoms with E-state index in [1.54, 1.807) is 26.8 Å². The maximum atomic E-state index is 13.6. The third kappa shape index (κ3) is 3.67. The molecule has 0 saturated heterocycles. The average Bonchev–Trinajstić information content (AvgIpc) is 2.73. The summed E-state index contributed by atoms with van der Waals surface area (Å²) in [6.45, 7) is 5.19. The molecule has 0 unspecified atom stereocenters. The second kappa shape index (κ2) is 9.53. The molecule has 0 amide bonds. The van der Waals surface area contributed by atoms with Gasteiger partial charge < -0.3 is 23.7 Å². The molecule has 0 aromatic carbocycles. The average molecular weight is 424 g/mol. The molecule has 0 aliphatic heterocycles. The van der Waals surface area contributed by atoms with Crippen LogP contribution in [0.3, 0.4) is 0 Å². The Balaban J connectivity index is 2.67. The summed E-state index contributed by atoms with van der Waals surface area (Å²) in [5.41, 5.74) is -3.56. The summed E-state index contributed by atoms with van der Waals surface area (Å²) >= 11 is 0. The molecule has 3 rings (SSSR count). The van der Waals surface area contributed by atoms with Gasteiger partial charge in [-0.05, 0) is 32.9 Å². The number of Topliss-reactive ketones (excluding diaryl/α,β-unsaturated/α-hetero) is 1. The number of rotatable bonds is 9. The van der Waals surface area contributed by atoms with E-state index in [1.807, 2.05) is 0 Å². The van der Waals surface area contributed by atoms with E-state index in [9.17, 15) is 19.2 Å². The molecule has 166 valence electrons. The van der Waals surface area contributed by atoms with Crippen LogP contribution in [-0.4, -0.2) is 68.9 Å². The monoisotopic (exact) mass is 424 g/mol. The highest BCUT2D eigenvalue weighted by atomic mass is 16.6.